The van der Waals surface area contributed by atoms with Crippen LogP contribution in [0.2, 0.25) is 0 Å². The highest BCUT2D eigenvalue weighted by molar-refractivity contribution is 5.71. The summed E-state index contributed by atoms with van der Waals surface area (Å²) >= 11 is 0. The lowest BCUT2D eigenvalue weighted by atomic mass is 9.88. The van der Waals surface area contributed by atoms with E-state index in [2.05, 4.69) is 4.99 Å². The zero-order chi connectivity index (χ0) is 15.8. The van der Waals surface area contributed by atoms with Crippen molar-refractivity contribution in [3.8, 4) is 0 Å². The van der Waals surface area contributed by atoms with E-state index in [1.807, 2.05) is 42.5 Å². The number of benzene rings is 2. The highest BCUT2D eigenvalue weighted by atomic mass is 16.5. The monoisotopic (exact) mass is 295 g/mol. The smallest absolute Gasteiger partial charge is 0.306 e. The third-order valence-electron chi connectivity index (χ3n) is 3.35. The summed E-state index contributed by atoms with van der Waals surface area (Å²) < 4.78 is 5.07. The molecular weight excluding hydrogens is 278 g/mol. The Morgan fingerprint density at radius 2 is 1.73 bits per heavy atom. The predicted octanol–water partition coefficient (Wildman–Crippen LogP) is 3.74. The number of aliphatic imine (C=N–C) groups is 1. The number of hydrogen-bond donors (Lipinski definition) is 0. The van der Waals surface area contributed by atoms with Gasteiger partial charge in [-0.2, -0.15) is 4.99 Å². The molecule has 1 unspecified atom stereocenters. The topological polar surface area (TPSA) is 55.7 Å². The van der Waals surface area contributed by atoms with E-state index in [4.69, 9.17) is 4.74 Å². The van der Waals surface area contributed by atoms with Gasteiger partial charge < -0.3 is 4.74 Å². The minimum absolute atomic E-state index is 0.0884. The molecule has 2 aromatic rings. The highest BCUT2D eigenvalue weighted by Gasteiger charge is 2.18. The van der Waals surface area contributed by atoms with Gasteiger partial charge in [-0.1, -0.05) is 42.5 Å². The average Bonchev–Trinajstić information content (AvgIpc) is 2.55. The van der Waals surface area contributed by atoms with Crippen LogP contribution < -0.4 is 0 Å². The van der Waals surface area contributed by atoms with Crippen LogP contribution in [0.3, 0.4) is 0 Å². The van der Waals surface area contributed by atoms with Gasteiger partial charge in [-0.05, 0) is 30.2 Å². The van der Waals surface area contributed by atoms with Crippen molar-refractivity contribution in [2.24, 2.45) is 4.99 Å². The van der Waals surface area contributed by atoms with Gasteiger partial charge in [0.2, 0.25) is 6.08 Å². The zero-order valence-corrected chi connectivity index (χ0v) is 12.4. The van der Waals surface area contributed by atoms with Crippen molar-refractivity contribution in [2.75, 3.05) is 6.61 Å². The van der Waals surface area contributed by atoms with Crippen molar-refractivity contribution >= 4 is 17.7 Å². The Bertz CT molecular complexity index is 658. The number of ether oxygens (including phenoxy) is 1. The van der Waals surface area contributed by atoms with Gasteiger partial charge in [0.1, 0.15) is 0 Å². The number of esters is 1. The second kappa shape index (κ2) is 7.91. The van der Waals surface area contributed by atoms with Crippen LogP contribution in [0.25, 0.3) is 0 Å². The molecule has 0 aliphatic heterocycles. The van der Waals surface area contributed by atoms with Crippen LogP contribution >= 0.6 is 0 Å². The van der Waals surface area contributed by atoms with E-state index in [-0.39, 0.29) is 18.3 Å². The van der Waals surface area contributed by atoms with Gasteiger partial charge in [-0.25, -0.2) is 4.79 Å². The normalized spacial score (nSPS) is 11.3. The largest absolute Gasteiger partial charge is 0.466 e. The number of nitrogens with zero attached hydrogens (tertiary/aromatic N) is 1. The third-order valence-corrected chi connectivity index (χ3v) is 3.35. The lowest BCUT2D eigenvalue weighted by Crippen LogP contribution is -2.11. The van der Waals surface area contributed by atoms with E-state index in [1.54, 1.807) is 19.1 Å². The molecule has 0 saturated carbocycles. The summed E-state index contributed by atoms with van der Waals surface area (Å²) in [6.07, 6.45) is 1.79. The average molecular weight is 295 g/mol. The first kappa shape index (κ1) is 15.7. The maximum absolute atomic E-state index is 11.9. The van der Waals surface area contributed by atoms with E-state index in [1.165, 1.54) is 6.08 Å². The van der Waals surface area contributed by atoms with Gasteiger partial charge >= 0.3 is 5.97 Å². The fraction of sp³-hybridized carbons (Fsp3) is 0.222. The number of carbonyl (C=O) groups is 1. The van der Waals surface area contributed by atoms with Gasteiger partial charge in [0.15, 0.2) is 0 Å². The highest BCUT2D eigenvalue weighted by Crippen LogP contribution is 2.29. The van der Waals surface area contributed by atoms with E-state index in [9.17, 15) is 9.59 Å². The van der Waals surface area contributed by atoms with Crippen LogP contribution in [0, 0.1) is 0 Å². The Morgan fingerprint density at radius 1 is 1.09 bits per heavy atom. The molecule has 2 rings (SSSR count). The minimum atomic E-state index is -0.230. The lowest BCUT2D eigenvalue weighted by Gasteiger charge is -2.17. The molecule has 0 bridgehead atoms. The molecule has 0 N–H and O–H groups in total. The Hall–Kier alpha value is -2.71. The van der Waals surface area contributed by atoms with Crippen molar-refractivity contribution in [3.05, 3.63) is 65.7 Å². The lowest BCUT2D eigenvalue weighted by molar-refractivity contribution is -0.143. The summed E-state index contributed by atoms with van der Waals surface area (Å²) in [6, 6.07) is 17.0. The Kier molecular flexibility index (Phi) is 5.64. The Labute approximate surface area is 129 Å². The second-order valence-electron chi connectivity index (χ2n) is 4.77. The molecule has 4 nitrogen and oxygen atoms in total. The van der Waals surface area contributed by atoms with E-state index in [0.29, 0.717) is 12.3 Å². The standard InChI is InChI=1S/C18H17NO3/c1-2-22-18(21)12-17(14-6-4-3-5-7-14)15-8-10-16(11-9-15)19-13-20/h3-11,17H,2,12H2,1H3. The van der Waals surface area contributed by atoms with Crippen molar-refractivity contribution in [3.63, 3.8) is 0 Å². The number of hydrogen-bond acceptors (Lipinski definition) is 4. The zero-order valence-electron chi connectivity index (χ0n) is 12.4. The van der Waals surface area contributed by atoms with E-state index < -0.39 is 0 Å². The van der Waals surface area contributed by atoms with Crippen molar-refractivity contribution in [1.82, 2.24) is 0 Å². The maximum Gasteiger partial charge on any atom is 0.306 e. The van der Waals surface area contributed by atoms with Crippen LogP contribution in [-0.2, 0) is 14.3 Å². The number of carbonyl (C=O) groups excluding carboxylic acids is 2. The van der Waals surface area contributed by atoms with Gasteiger partial charge in [-0.3, -0.25) is 4.79 Å². The Morgan fingerprint density at radius 3 is 2.32 bits per heavy atom. The summed E-state index contributed by atoms with van der Waals surface area (Å²) in [4.78, 5) is 25.7. The molecule has 112 valence electrons. The summed E-state index contributed by atoms with van der Waals surface area (Å²) in [5.74, 6) is -0.319. The van der Waals surface area contributed by atoms with Crippen LogP contribution in [0.5, 0.6) is 0 Å². The van der Waals surface area contributed by atoms with E-state index in [0.717, 1.165) is 11.1 Å². The number of rotatable bonds is 6. The van der Waals surface area contributed by atoms with Crippen molar-refractivity contribution < 1.29 is 14.3 Å². The quantitative estimate of drug-likeness (QED) is 0.463. The summed E-state index contributed by atoms with van der Waals surface area (Å²) in [6.45, 7) is 2.16. The molecule has 22 heavy (non-hydrogen) atoms. The minimum Gasteiger partial charge on any atom is -0.466 e. The molecule has 0 spiro atoms. The van der Waals surface area contributed by atoms with Gasteiger partial charge in [-0.15, -0.1) is 0 Å². The SMILES string of the molecule is CCOC(=O)CC(c1ccccc1)c1ccc(N=C=O)cc1. The van der Waals surface area contributed by atoms with Crippen LogP contribution in [0.1, 0.15) is 30.4 Å². The summed E-state index contributed by atoms with van der Waals surface area (Å²) in [5.41, 5.74) is 2.56. The molecule has 0 amide bonds. The first-order valence-electron chi connectivity index (χ1n) is 7.13. The summed E-state index contributed by atoms with van der Waals surface area (Å²) in [5, 5.41) is 0. The molecule has 0 aliphatic carbocycles. The summed E-state index contributed by atoms with van der Waals surface area (Å²) in [7, 11) is 0. The fourth-order valence-corrected chi connectivity index (χ4v) is 2.33. The molecule has 0 radical (unpaired) electrons. The Balaban J connectivity index is 2.31. The molecular formula is C18H17NO3. The van der Waals surface area contributed by atoms with Gasteiger partial charge in [0.25, 0.3) is 0 Å². The molecule has 4 heteroatoms. The first-order valence-corrected chi connectivity index (χ1v) is 7.13. The number of isocyanates is 1. The van der Waals surface area contributed by atoms with Crippen LogP contribution in [0.4, 0.5) is 5.69 Å². The fourth-order valence-electron chi connectivity index (χ4n) is 2.33. The van der Waals surface area contributed by atoms with E-state index >= 15 is 0 Å². The molecule has 0 fully saturated rings. The second-order valence-corrected chi connectivity index (χ2v) is 4.77. The van der Waals surface area contributed by atoms with Gasteiger partial charge in [0.05, 0.1) is 18.7 Å². The van der Waals surface area contributed by atoms with Crippen LogP contribution in [-0.4, -0.2) is 18.7 Å². The molecule has 0 aromatic heterocycles. The molecule has 2 aromatic carbocycles. The maximum atomic E-state index is 11.9. The van der Waals surface area contributed by atoms with Crippen LogP contribution in [0.15, 0.2) is 59.6 Å². The van der Waals surface area contributed by atoms with Crippen molar-refractivity contribution in [2.45, 2.75) is 19.3 Å². The molecule has 1 atom stereocenters. The molecule has 0 heterocycles. The third kappa shape index (κ3) is 4.14. The predicted molar refractivity (Wildman–Crippen MR) is 83.8 cm³/mol. The molecule has 0 aliphatic rings. The van der Waals surface area contributed by atoms with Crippen molar-refractivity contribution in [1.29, 1.82) is 0 Å². The first-order chi connectivity index (χ1) is 10.7. The molecule has 0 saturated heterocycles. The van der Waals surface area contributed by atoms with Gasteiger partial charge in [0, 0.05) is 5.92 Å².